The monoisotopic (exact) mass is 183 g/mol. The molecule has 0 bridgehead atoms. The molecule has 2 fully saturated rings. The molecule has 4 nitrogen and oxygen atoms in total. The van der Waals surface area contributed by atoms with E-state index in [2.05, 4.69) is 10.6 Å². The van der Waals surface area contributed by atoms with Crippen LogP contribution in [0.25, 0.3) is 0 Å². The highest BCUT2D eigenvalue weighted by Crippen LogP contribution is 2.15. The van der Waals surface area contributed by atoms with Crippen LogP contribution in [0.2, 0.25) is 0 Å². The van der Waals surface area contributed by atoms with Crippen LogP contribution < -0.4 is 10.6 Å². The molecule has 0 radical (unpaired) electrons. The van der Waals surface area contributed by atoms with Crippen LogP contribution in [0.15, 0.2) is 0 Å². The van der Waals surface area contributed by atoms with E-state index in [-0.39, 0.29) is 6.03 Å². The van der Waals surface area contributed by atoms with Gasteiger partial charge in [0, 0.05) is 19.1 Å². The first-order chi connectivity index (χ1) is 6.38. The minimum absolute atomic E-state index is 0.131. The Labute approximate surface area is 78.7 Å². The third-order valence-corrected chi connectivity index (χ3v) is 2.88. The molecule has 1 unspecified atom stereocenters. The van der Waals surface area contributed by atoms with Crippen molar-refractivity contribution in [3.8, 4) is 0 Å². The van der Waals surface area contributed by atoms with E-state index in [1.807, 2.05) is 4.90 Å². The summed E-state index contributed by atoms with van der Waals surface area (Å²) < 4.78 is 0. The number of carbonyl (C=O) groups is 1. The molecule has 2 amide bonds. The molecule has 2 aliphatic rings. The Kier molecular flexibility index (Phi) is 2.68. The number of hydrogen-bond acceptors (Lipinski definition) is 2. The van der Waals surface area contributed by atoms with Gasteiger partial charge in [0.2, 0.25) is 0 Å². The van der Waals surface area contributed by atoms with Crippen LogP contribution in [0.3, 0.4) is 0 Å². The van der Waals surface area contributed by atoms with Crippen molar-refractivity contribution in [2.45, 2.75) is 25.3 Å². The van der Waals surface area contributed by atoms with E-state index in [1.54, 1.807) is 0 Å². The molecule has 2 N–H and O–H groups in total. The topological polar surface area (TPSA) is 44.4 Å². The molecule has 2 aliphatic heterocycles. The fraction of sp³-hybridized carbons (Fsp3) is 0.889. The fourth-order valence-corrected chi connectivity index (χ4v) is 2.15. The Morgan fingerprint density at radius 3 is 2.92 bits per heavy atom. The second kappa shape index (κ2) is 3.96. The summed E-state index contributed by atoms with van der Waals surface area (Å²) in [5.74, 6) is 0. The molecule has 0 aromatic carbocycles. The molecule has 0 saturated carbocycles. The van der Waals surface area contributed by atoms with E-state index in [0.29, 0.717) is 6.04 Å². The smallest absolute Gasteiger partial charge is 0.317 e. The Morgan fingerprint density at radius 1 is 1.23 bits per heavy atom. The number of nitrogens with one attached hydrogen (secondary N) is 2. The Balaban J connectivity index is 1.93. The van der Waals surface area contributed by atoms with Gasteiger partial charge in [0.1, 0.15) is 0 Å². The van der Waals surface area contributed by atoms with Crippen molar-refractivity contribution in [2.75, 3.05) is 26.2 Å². The summed E-state index contributed by atoms with van der Waals surface area (Å²) in [5.41, 5.74) is 0. The predicted octanol–water partition coefficient (Wildman–Crippen LogP) is 0.154. The number of carbonyl (C=O) groups excluding carboxylic acids is 1. The summed E-state index contributed by atoms with van der Waals surface area (Å²) in [6, 6.07) is 0.601. The zero-order valence-corrected chi connectivity index (χ0v) is 7.88. The minimum atomic E-state index is 0.131. The average Bonchev–Trinajstić information content (AvgIpc) is 2.43. The minimum Gasteiger partial charge on any atom is -0.336 e. The summed E-state index contributed by atoms with van der Waals surface area (Å²) in [6.07, 6.45) is 3.45. The van der Waals surface area contributed by atoms with Crippen LogP contribution in [-0.2, 0) is 0 Å². The first-order valence-corrected chi connectivity index (χ1v) is 5.13. The molecule has 74 valence electrons. The standard InChI is InChI=1S/C9H17N3O/c13-9-11-6-7-12(9)8-2-1-4-10-5-3-8/h8,10H,1-7H2,(H,11,13). The zero-order chi connectivity index (χ0) is 9.10. The van der Waals surface area contributed by atoms with E-state index >= 15 is 0 Å². The molecule has 1 atom stereocenters. The second-order valence-corrected chi connectivity index (χ2v) is 3.76. The van der Waals surface area contributed by atoms with Gasteiger partial charge in [0.15, 0.2) is 0 Å². The van der Waals surface area contributed by atoms with Gasteiger partial charge in [-0.1, -0.05) is 0 Å². The SMILES string of the molecule is O=C1NCCN1C1CCCNCC1. The molecular weight excluding hydrogens is 166 g/mol. The predicted molar refractivity (Wildman–Crippen MR) is 50.6 cm³/mol. The molecule has 2 heterocycles. The van der Waals surface area contributed by atoms with Crippen LogP contribution in [0.4, 0.5) is 4.79 Å². The first-order valence-electron chi connectivity index (χ1n) is 5.13. The fourth-order valence-electron chi connectivity index (χ4n) is 2.15. The third-order valence-electron chi connectivity index (χ3n) is 2.88. The van der Waals surface area contributed by atoms with Gasteiger partial charge in [-0.05, 0) is 32.4 Å². The number of hydrogen-bond donors (Lipinski definition) is 2. The summed E-state index contributed by atoms with van der Waals surface area (Å²) in [6.45, 7) is 3.87. The van der Waals surface area contributed by atoms with Crippen molar-refractivity contribution in [3.05, 3.63) is 0 Å². The van der Waals surface area contributed by atoms with Crippen molar-refractivity contribution in [3.63, 3.8) is 0 Å². The number of nitrogens with zero attached hydrogens (tertiary/aromatic N) is 1. The zero-order valence-electron chi connectivity index (χ0n) is 7.88. The molecule has 2 saturated heterocycles. The van der Waals surface area contributed by atoms with Crippen molar-refractivity contribution >= 4 is 6.03 Å². The third kappa shape index (κ3) is 1.94. The average molecular weight is 183 g/mol. The Morgan fingerprint density at radius 2 is 2.15 bits per heavy atom. The van der Waals surface area contributed by atoms with E-state index < -0.39 is 0 Å². The van der Waals surface area contributed by atoms with Crippen LogP contribution in [0, 0.1) is 0 Å². The van der Waals surface area contributed by atoms with E-state index in [4.69, 9.17) is 0 Å². The number of rotatable bonds is 1. The van der Waals surface area contributed by atoms with Crippen molar-refractivity contribution < 1.29 is 4.79 Å². The molecule has 0 aromatic heterocycles. The normalized spacial score (nSPS) is 30.0. The lowest BCUT2D eigenvalue weighted by molar-refractivity contribution is 0.192. The molecule has 0 spiro atoms. The maximum Gasteiger partial charge on any atom is 0.317 e. The molecule has 0 aromatic rings. The van der Waals surface area contributed by atoms with Gasteiger partial charge < -0.3 is 15.5 Å². The Hall–Kier alpha value is -0.770. The lowest BCUT2D eigenvalue weighted by Gasteiger charge is -2.24. The van der Waals surface area contributed by atoms with E-state index in [9.17, 15) is 4.79 Å². The van der Waals surface area contributed by atoms with Crippen molar-refractivity contribution in [1.29, 1.82) is 0 Å². The second-order valence-electron chi connectivity index (χ2n) is 3.76. The van der Waals surface area contributed by atoms with Crippen LogP contribution >= 0.6 is 0 Å². The number of amides is 2. The summed E-state index contributed by atoms with van der Waals surface area (Å²) in [7, 11) is 0. The maximum absolute atomic E-state index is 11.4. The lowest BCUT2D eigenvalue weighted by Crippen LogP contribution is -2.38. The summed E-state index contributed by atoms with van der Waals surface area (Å²) in [4.78, 5) is 13.4. The highest BCUT2D eigenvalue weighted by molar-refractivity contribution is 5.76. The quantitative estimate of drug-likeness (QED) is 0.608. The Bertz CT molecular complexity index is 187. The summed E-state index contributed by atoms with van der Waals surface area (Å²) >= 11 is 0. The molecule has 4 heteroatoms. The van der Waals surface area contributed by atoms with Gasteiger partial charge in [-0.15, -0.1) is 0 Å². The van der Waals surface area contributed by atoms with Gasteiger partial charge in [-0.3, -0.25) is 0 Å². The first kappa shape index (κ1) is 8.81. The summed E-state index contributed by atoms with van der Waals surface area (Å²) in [5, 5.41) is 6.21. The lowest BCUT2D eigenvalue weighted by atomic mass is 10.1. The van der Waals surface area contributed by atoms with Gasteiger partial charge in [0.05, 0.1) is 0 Å². The van der Waals surface area contributed by atoms with Gasteiger partial charge in [0.25, 0.3) is 0 Å². The largest absolute Gasteiger partial charge is 0.336 e. The highest BCUT2D eigenvalue weighted by Gasteiger charge is 2.27. The van der Waals surface area contributed by atoms with Crippen LogP contribution in [0.1, 0.15) is 19.3 Å². The van der Waals surface area contributed by atoms with Crippen molar-refractivity contribution in [1.82, 2.24) is 15.5 Å². The number of urea groups is 1. The van der Waals surface area contributed by atoms with Crippen molar-refractivity contribution in [2.24, 2.45) is 0 Å². The van der Waals surface area contributed by atoms with E-state index in [1.165, 1.54) is 6.42 Å². The maximum atomic E-state index is 11.4. The van der Waals surface area contributed by atoms with Crippen LogP contribution in [-0.4, -0.2) is 43.2 Å². The molecule has 13 heavy (non-hydrogen) atoms. The van der Waals surface area contributed by atoms with Gasteiger partial charge >= 0.3 is 6.03 Å². The highest BCUT2D eigenvalue weighted by atomic mass is 16.2. The molecule has 0 aliphatic carbocycles. The van der Waals surface area contributed by atoms with Crippen LogP contribution in [0.5, 0.6) is 0 Å². The van der Waals surface area contributed by atoms with E-state index in [0.717, 1.165) is 39.0 Å². The van der Waals surface area contributed by atoms with Gasteiger partial charge in [-0.25, -0.2) is 4.79 Å². The van der Waals surface area contributed by atoms with Gasteiger partial charge in [-0.2, -0.15) is 0 Å². The molecule has 2 rings (SSSR count). The molecular formula is C9H17N3O.